The molecule has 2 heterocycles. The lowest BCUT2D eigenvalue weighted by Crippen LogP contribution is -2.29. The number of hydrogen-bond donors (Lipinski definition) is 2. The molecule has 1 fully saturated rings. The van der Waals surface area contributed by atoms with E-state index in [0.717, 1.165) is 5.69 Å². The number of hydrogen-bond acceptors (Lipinski definition) is 5. The lowest BCUT2D eigenvalue weighted by molar-refractivity contribution is -0.117. The quantitative estimate of drug-likeness (QED) is 0.642. The average molecular weight is 207 g/mol. The number of amides is 1. The molecule has 1 aromatic rings. The van der Waals surface area contributed by atoms with Gasteiger partial charge in [-0.1, -0.05) is 0 Å². The molecule has 1 aliphatic rings. The van der Waals surface area contributed by atoms with Crippen LogP contribution in [-0.2, 0) is 4.79 Å². The second kappa shape index (κ2) is 3.47. The van der Waals surface area contributed by atoms with Crippen LogP contribution in [0.1, 0.15) is 12.1 Å². The topological polar surface area (TPSA) is 98.1 Å². The van der Waals surface area contributed by atoms with Gasteiger partial charge in [0.25, 0.3) is 0 Å². The molecule has 1 saturated heterocycles. The molecular formula is C9H13N5O. The normalized spacial score (nSPS) is 21.1. The van der Waals surface area contributed by atoms with Crippen molar-refractivity contribution in [3.8, 4) is 0 Å². The Morgan fingerprint density at radius 1 is 1.53 bits per heavy atom. The minimum absolute atomic E-state index is 0.0139. The maximum Gasteiger partial charge on any atom is 0.229 e. The van der Waals surface area contributed by atoms with Gasteiger partial charge in [0.2, 0.25) is 11.9 Å². The van der Waals surface area contributed by atoms with Gasteiger partial charge < -0.3 is 11.5 Å². The van der Waals surface area contributed by atoms with Crippen LogP contribution in [0.2, 0.25) is 0 Å². The summed E-state index contributed by atoms with van der Waals surface area (Å²) in [5.41, 5.74) is 11.9. The summed E-state index contributed by atoms with van der Waals surface area (Å²) in [6, 6.07) is 1.61. The molecule has 2 rings (SSSR count). The van der Waals surface area contributed by atoms with E-state index in [1.54, 1.807) is 11.0 Å². The first-order chi connectivity index (χ1) is 7.06. The van der Waals surface area contributed by atoms with E-state index in [4.69, 9.17) is 11.5 Å². The summed E-state index contributed by atoms with van der Waals surface area (Å²) in [7, 11) is 0. The number of carbonyl (C=O) groups excluding carboxylic acids is 1. The third kappa shape index (κ3) is 1.89. The third-order valence-corrected chi connectivity index (χ3v) is 2.29. The van der Waals surface area contributed by atoms with E-state index in [1.807, 2.05) is 6.92 Å². The van der Waals surface area contributed by atoms with Crippen molar-refractivity contribution in [1.82, 2.24) is 9.97 Å². The Morgan fingerprint density at radius 3 is 2.80 bits per heavy atom. The number of nitrogens with zero attached hydrogens (tertiary/aromatic N) is 3. The van der Waals surface area contributed by atoms with Crippen molar-refractivity contribution in [2.24, 2.45) is 5.73 Å². The summed E-state index contributed by atoms with van der Waals surface area (Å²) < 4.78 is 0. The van der Waals surface area contributed by atoms with Gasteiger partial charge in [-0.3, -0.25) is 9.69 Å². The highest BCUT2D eigenvalue weighted by atomic mass is 16.2. The van der Waals surface area contributed by atoms with Gasteiger partial charge in [-0.15, -0.1) is 0 Å². The number of anilines is 2. The van der Waals surface area contributed by atoms with E-state index in [0.29, 0.717) is 18.8 Å². The van der Waals surface area contributed by atoms with Crippen molar-refractivity contribution in [2.75, 3.05) is 17.2 Å². The summed E-state index contributed by atoms with van der Waals surface area (Å²) in [5, 5.41) is 0. The minimum atomic E-state index is -0.117. The van der Waals surface area contributed by atoms with Gasteiger partial charge in [-0.25, -0.2) is 4.98 Å². The van der Waals surface area contributed by atoms with E-state index < -0.39 is 0 Å². The Balaban J connectivity index is 2.33. The average Bonchev–Trinajstić information content (AvgIpc) is 2.43. The summed E-state index contributed by atoms with van der Waals surface area (Å²) >= 11 is 0. The van der Waals surface area contributed by atoms with Crippen LogP contribution in [0.15, 0.2) is 6.07 Å². The Hall–Kier alpha value is -1.69. The van der Waals surface area contributed by atoms with Crippen molar-refractivity contribution < 1.29 is 4.79 Å². The number of rotatable bonds is 1. The number of nitrogens with two attached hydrogens (primary N) is 2. The van der Waals surface area contributed by atoms with Crippen LogP contribution in [0, 0.1) is 6.92 Å². The van der Waals surface area contributed by atoms with Gasteiger partial charge in [0.1, 0.15) is 5.82 Å². The molecule has 1 amide bonds. The number of nitrogen functional groups attached to an aromatic ring is 1. The molecule has 15 heavy (non-hydrogen) atoms. The molecule has 1 aromatic heterocycles. The zero-order chi connectivity index (χ0) is 11.0. The molecule has 0 saturated carbocycles. The molecule has 1 unspecified atom stereocenters. The Kier molecular flexibility index (Phi) is 2.28. The number of aryl methyl sites for hydroxylation is 1. The second-order valence-corrected chi connectivity index (χ2v) is 3.69. The van der Waals surface area contributed by atoms with Crippen molar-refractivity contribution in [1.29, 1.82) is 0 Å². The van der Waals surface area contributed by atoms with E-state index in [2.05, 4.69) is 9.97 Å². The van der Waals surface area contributed by atoms with Crippen LogP contribution in [0.25, 0.3) is 0 Å². The molecule has 0 aromatic carbocycles. The van der Waals surface area contributed by atoms with Gasteiger partial charge in [0.15, 0.2) is 0 Å². The van der Waals surface area contributed by atoms with Crippen LogP contribution >= 0.6 is 0 Å². The number of carbonyl (C=O) groups is 1. The molecule has 4 N–H and O–H groups in total. The highest BCUT2D eigenvalue weighted by Gasteiger charge is 2.29. The molecule has 6 heteroatoms. The first-order valence-corrected chi connectivity index (χ1v) is 4.73. The lowest BCUT2D eigenvalue weighted by atomic mass is 10.3. The minimum Gasteiger partial charge on any atom is -0.368 e. The summed E-state index contributed by atoms with van der Waals surface area (Å²) in [6.45, 7) is 2.30. The first-order valence-electron chi connectivity index (χ1n) is 4.73. The zero-order valence-corrected chi connectivity index (χ0v) is 8.47. The molecule has 1 aliphatic heterocycles. The maximum atomic E-state index is 11.6. The van der Waals surface area contributed by atoms with E-state index in [1.165, 1.54) is 0 Å². The molecule has 6 nitrogen and oxygen atoms in total. The second-order valence-electron chi connectivity index (χ2n) is 3.69. The fourth-order valence-corrected chi connectivity index (χ4v) is 1.67. The van der Waals surface area contributed by atoms with Crippen LogP contribution in [0.4, 0.5) is 11.8 Å². The van der Waals surface area contributed by atoms with E-state index >= 15 is 0 Å². The molecule has 0 spiro atoms. The van der Waals surface area contributed by atoms with Crippen LogP contribution in [0.3, 0.4) is 0 Å². The Labute approximate surface area is 87.3 Å². The highest BCUT2D eigenvalue weighted by molar-refractivity contribution is 5.95. The van der Waals surface area contributed by atoms with Gasteiger partial charge in [0, 0.05) is 30.8 Å². The van der Waals surface area contributed by atoms with Gasteiger partial charge in [-0.2, -0.15) is 4.98 Å². The predicted octanol–water partition coefficient (Wildman–Crippen LogP) is -0.569. The third-order valence-electron chi connectivity index (χ3n) is 2.29. The summed E-state index contributed by atoms with van der Waals surface area (Å²) in [6.07, 6.45) is 0.364. The Morgan fingerprint density at radius 2 is 2.27 bits per heavy atom. The fourth-order valence-electron chi connectivity index (χ4n) is 1.67. The van der Waals surface area contributed by atoms with Gasteiger partial charge in [-0.05, 0) is 6.92 Å². The smallest absolute Gasteiger partial charge is 0.229 e. The molecule has 0 bridgehead atoms. The van der Waals surface area contributed by atoms with Crippen LogP contribution < -0.4 is 16.4 Å². The fraction of sp³-hybridized carbons (Fsp3) is 0.444. The van der Waals surface area contributed by atoms with Gasteiger partial charge in [0.05, 0.1) is 0 Å². The first kappa shape index (κ1) is 9.85. The van der Waals surface area contributed by atoms with E-state index in [9.17, 15) is 4.79 Å². The maximum absolute atomic E-state index is 11.6. The van der Waals surface area contributed by atoms with Crippen LogP contribution in [0.5, 0.6) is 0 Å². The van der Waals surface area contributed by atoms with Crippen molar-refractivity contribution >= 4 is 17.7 Å². The molecular weight excluding hydrogens is 194 g/mol. The molecule has 0 radical (unpaired) electrons. The number of aromatic nitrogens is 2. The summed E-state index contributed by atoms with van der Waals surface area (Å²) in [5.74, 6) is 0.705. The largest absolute Gasteiger partial charge is 0.368 e. The van der Waals surface area contributed by atoms with Gasteiger partial charge >= 0.3 is 0 Å². The molecule has 0 aliphatic carbocycles. The molecule has 80 valence electrons. The standard InChI is InChI=1S/C9H13N5O/c1-5-2-7(13-9(11)12-5)14-4-6(10)3-8(14)15/h2,6H,3-4,10H2,1H3,(H2,11,12,13). The highest BCUT2D eigenvalue weighted by Crippen LogP contribution is 2.19. The SMILES string of the molecule is Cc1cc(N2CC(N)CC2=O)nc(N)n1. The zero-order valence-electron chi connectivity index (χ0n) is 8.47. The molecule has 1 atom stereocenters. The monoisotopic (exact) mass is 207 g/mol. The predicted molar refractivity (Wildman–Crippen MR) is 56.1 cm³/mol. The van der Waals surface area contributed by atoms with E-state index in [-0.39, 0.29) is 17.9 Å². The van der Waals surface area contributed by atoms with Crippen LogP contribution in [-0.4, -0.2) is 28.5 Å². The lowest BCUT2D eigenvalue weighted by Gasteiger charge is -2.15. The van der Waals surface area contributed by atoms with Crippen molar-refractivity contribution in [3.63, 3.8) is 0 Å². The van der Waals surface area contributed by atoms with Crippen molar-refractivity contribution in [2.45, 2.75) is 19.4 Å². The summed E-state index contributed by atoms with van der Waals surface area (Å²) in [4.78, 5) is 21.1. The van der Waals surface area contributed by atoms with Crippen molar-refractivity contribution in [3.05, 3.63) is 11.8 Å². The Bertz CT molecular complexity index is 385.